The standard InChI is InChI=1S/C9H20N2/c1-8(2)11-9(3)5-4-6-10-7-9/h8,10-11H,4-7H2,1-3H3/t9-/m1/s1. The van der Waals surface area contributed by atoms with Crippen molar-refractivity contribution in [1.29, 1.82) is 0 Å². The first-order chi connectivity index (χ1) is 5.12. The van der Waals surface area contributed by atoms with Gasteiger partial charge in [-0.05, 0) is 26.3 Å². The van der Waals surface area contributed by atoms with E-state index in [0.717, 1.165) is 6.54 Å². The fourth-order valence-electron chi connectivity index (χ4n) is 1.88. The maximum absolute atomic E-state index is 3.60. The molecule has 0 aromatic carbocycles. The topological polar surface area (TPSA) is 24.1 Å². The molecule has 1 rings (SSSR count). The second kappa shape index (κ2) is 3.55. The van der Waals surface area contributed by atoms with E-state index in [9.17, 15) is 0 Å². The Morgan fingerprint density at radius 2 is 2.18 bits per heavy atom. The highest BCUT2D eigenvalue weighted by Gasteiger charge is 2.26. The van der Waals surface area contributed by atoms with Gasteiger partial charge in [0.2, 0.25) is 0 Å². The Kier molecular flexibility index (Phi) is 2.90. The molecule has 0 saturated carbocycles. The van der Waals surface area contributed by atoms with Gasteiger partial charge in [0.15, 0.2) is 0 Å². The first-order valence-electron chi connectivity index (χ1n) is 4.61. The van der Waals surface area contributed by atoms with Crippen LogP contribution in [0.2, 0.25) is 0 Å². The molecular weight excluding hydrogens is 136 g/mol. The maximum Gasteiger partial charge on any atom is 0.0280 e. The van der Waals surface area contributed by atoms with Crippen molar-refractivity contribution in [2.24, 2.45) is 0 Å². The molecule has 2 N–H and O–H groups in total. The third-order valence-electron chi connectivity index (χ3n) is 2.23. The van der Waals surface area contributed by atoms with E-state index in [-0.39, 0.29) is 0 Å². The highest BCUT2D eigenvalue weighted by Crippen LogP contribution is 2.15. The molecule has 66 valence electrons. The van der Waals surface area contributed by atoms with Gasteiger partial charge in [-0.1, -0.05) is 13.8 Å². The lowest BCUT2D eigenvalue weighted by Crippen LogP contribution is -2.55. The maximum atomic E-state index is 3.60. The van der Waals surface area contributed by atoms with E-state index in [2.05, 4.69) is 31.4 Å². The SMILES string of the molecule is CC(C)N[C@]1(C)CCCNC1. The molecule has 1 aliphatic heterocycles. The molecule has 0 bridgehead atoms. The molecule has 0 spiro atoms. The first kappa shape index (κ1) is 9.01. The number of nitrogens with one attached hydrogen (secondary N) is 2. The normalized spacial score (nSPS) is 32.7. The molecule has 1 atom stereocenters. The van der Waals surface area contributed by atoms with Gasteiger partial charge < -0.3 is 10.6 Å². The van der Waals surface area contributed by atoms with Crippen LogP contribution in [0.25, 0.3) is 0 Å². The van der Waals surface area contributed by atoms with Crippen LogP contribution in [-0.2, 0) is 0 Å². The van der Waals surface area contributed by atoms with E-state index in [1.165, 1.54) is 19.4 Å². The Balaban J connectivity index is 2.37. The summed E-state index contributed by atoms with van der Waals surface area (Å²) in [4.78, 5) is 0. The van der Waals surface area contributed by atoms with E-state index in [1.807, 2.05) is 0 Å². The van der Waals surface area contributed by atoms with Crippen LogP contribution in [0.4, 0.5) is 0 Å². The quantitative estimate of drug-likeness (QED) is 0.626. The van der Waals surface area contributed by atoms with Crippen LogP contribution < -0.4 is 10.6 Å². The second-order valence-corrected chi connectivity index (χ2v) is 4.14. The molecule has 1 heterocycles. The van der Waals surface area contributed by atoms with E-state index in [1.54, 1.807) is 0 Å². The molecule has 1 fully saturated rings. The van der Waals surface area contributed by atoms with E-state index in [0.29, 0.717) is 11.6 Å². The predicted molar refractivity (Wildman–Crippen MR) is 48.8 cm³/mol. The van der Waals surface area contributed by atoms with Crippen LogP contribution in [0.3, 0.4) is 0 Å². The number of hydrogen-bond donors (Lipinski definition) is 2. The lowest BCUT2D eigenvalue weighted by Gasteiger charge is -2.36. The van der Waals surface area contributed by atoms with Crippen LogP contribution >= 0.6 is 0 Å². The number of hydrogen-bond acceptors (Lipinski definition) is 2. The zero-order chi connectivity index (χ0) is 8.32. The van der Waals surface area contributed by atoms with Crippen LogP contribution in [0, 0.1) is 0 Å². The van der Waals surface area contributed by atoms with Crippen molar-refractivity contribution in [3.8, 4) is 0 Å². The van der Waals surface area contributed by atoms with Crippen molar-refractivity contribution < 1.29 is 0 Å². The zero-order valence-corrected chi connectivity index (χ0v) is 7.91. The number of rotatable bonds is 2. The summed E-state index contributed by atoms with van der Waals surface area (Å²) in [6.07, 6.45) is 2.61. The van der Waals surface area contributed by atoms with Crippen LogP contribution in [0.15, 0.2) is 0 Å². The molecule has 11 heavy (non-hydrogen) atoms. The number of piperidine rings is 1. The monoisotopic (exact) mass is 156 g/mol. The van der Waals surface area contributed by atoms with Crippen LogP contribution in [0.1, 0.15) is 33.6 Å². The highest BCUT2D eigenvalue weighted by atomic mass is 15.1. The Morgan fingerprint density at radius 3 is 2.64 bits per heavy atom. The molecule has 0 aromatic heterocycles. The Bertz CT molecular complexity index is 115. The summed E-state index contributed by atoms with van der Waals surface area (Å²) >= 11 is 0. The molecule has 2 heteroatoms. The van der Waals surface area contributed by atoms with Gasteiger partial charge in [0.25, 0.3) is 0 Å². The fourth-order valence-corrected chi connectivity index (χ4v) is 1.88. The van der Waals surface area contributed by atoms with Crippen molar-refractivity contribution >= 4 is 0 Å². The van der Waals surface area contributed by atoms with E-state index >= 15 is 0 Å². The summed E-state index contributed by atoms with van der Waals surface area (Å²) in [6, 6.07) is 0.597. The highest BCUT2D eigenvalue weighted by molar-refractivity contribution is 4.89. The summed E-state index contributed by atoms with van der Waals surface area (Å²) in [5, 5.41) is 7.01. The van der Waals surface area contributed by atoms with Crippen LogP contribution in [0.5, 0.6) is 0 Å². The smallest absolute Gasteiger partial charge is 0.0280 e. The molecule has 1 saturated heterocycles. The Morgan fingerprint density at radius 1 is 1.45 bits per heavy atom. The Labute approximate surface area is 69.8 Å². The largest absolute Gasteiger partial charge is 0.315 e. The van der Waals surface area contributed by atoms with Gasteiger partial charge >= 0.3 is 0 Å². The van der Waals surface area contributed by atoms with E-state index in [4.69, 9.17) is 0 Å². The van der Waals surface area contributed by atoms with Gasteiger partial charge in [-0.25, -0.2) is 0 Å². The molecule has 0 radical (unpaired) electrons. The van der Waals surface area contributed by atoms with Crippen LogP contribution in [-0.4, -0.2) is 24.7 Å². The van der Waals surface area contributed by atoms with Gasteiger partial charge in [0, 0.05) is 18.1 Å². The lowest BCUT2D eigenvalue weighted by atomic mass is 9.92. The first-order valence-corrected chi connectivity index (χ1v) is 4.61. The molecular formula is C9H20N2. The summed E-state index contributed by atoms with van der Waals surface area (Å²) < 4.78 is 0. The third kappa shape index (κ3) is 2.80. The molecule has 0 aromatic rings. The summed E-state index contributed by atoms with van der Waals surface area (Å²) in [5.74, 6) is 0. The van der Waals surface area contributed by atoms with Gasteiger partial charge in [-0.3, -0.25) is 0 Å². The average Bonchev–Trinajstić information content (AvgIpc) is 1.85. The molecule has 0 unspecified atom stereocenters. The van der Waals surface area contributed by atoms with E-state index < -0.39 is 0 Å². The van der Waals surface area contributed by atoms with Gasteiger partial charge in [-0.2, -0.15) is 0 Å². The zero-order valence-electron chi connectivity index (χ0n) is 7.91. The minimum atomic E-state index is 0.340. The van der Waals surface area contributed by atoms with Crippen molar-refractivity contribution in [2.75, 3.05) is 13.1 Å². The summed E-state index contributed by atoms with van der Waals surface area (Å²) in [6.45, 7) is 9.03. The minimum absolute atomic E-state index is 0.340. The van der Waals surface area contributed by atoms with Crippen molar-refractivity contribution in [1.82, 2.24) is 10.6 Å². The van der Waals surface area contributed by atoms with Gasteiger partial charge in [0.1, 0.15) is 0 Å². The molecule has 2 nitrogen and oxygen atoms in total. The lowest BCUT2D eigenvalue weighted by molar-refractivity contribution is 0.254. The van der Waals surface area contributed by atoms with Gasteiger partial charge in [0.05, 0.1) is 0 Å². The van der Waals surface area contributed by atoms with Crippen molar-refractivity contribution in [2.45, 2.75) is 45.2 Å². The predicted octanol–water partition coefficient (Wildman–Crippen LogP) is 1.13. The van der Waals surface area contributed by atoms with Crippen molar-refractivity contribution in [3.05, 3.63) is 0 Å². The minimum Gasteiger partial charge on any atom is -0.315 e. The summed E-state index contributed by atoms with van der Waals surface area (Å²) in [5.41, 5.74) is 0.340. The average molecular weight is 156 g/mol. The van der Waals surface area contributed by atoms with Crippen molar-refractivity contribution in [3.63, 3.8) is 0 Å². The summed E-state index contributed by atoms with van der Waals surface area (Å²) in [7, 11) is 0. The second-order valence-electron chi connectivity index (χ2n) is 4.14. The molecule has 1 aliphatic rings. The molecule has 0 aliphatic carbocycles. The third-order valence-corrected chi connectivity index (χ3v) is 2.23. The fraction of sp³-hybridized carbons (Fsp3) is 1.00. The Hall–Kier alpha value is -0.0800. The van der Waals surface area contributed by atoms with Gasteiger partial charge in [-0.15, -0.1) is 0 Å². The molecule has 0 amide bonds.